The van der Waals surface area contributed by atoms with Crippen LogP contribution in [-0.2, 0) is 9.59 Å². The van der Waals surface area contributed by atoms with Crippen LogP contribution in [0.2, 0.25) is 0 Å². The van der Waals surface area contributed by atoms with Gasteiger partial charge in [0.25, 0.3) is 0 Å². The van der Waals surface area contributed by atoms with E-state index in [0.29, 0.717) is 30.1 Å². The second kappa shape index (κ2) is 7.08. The third kappa shape index (κ3) is 3.72. The maximum atomic E-state index is 12.1. The van der Waals surface area contributed by atoms with Crippen molar-refractivity contribution in [3.63, 3.8) is 0 Å². The summed E-state index contributed by atoms with van der Waals surface area (Å²) in [7, 11) is 3.29. The Morgan fingerprint density at radius 3 is 2.86 bits per heavy atom. The molecule has 1 aromatic carbocycles. The van der Waals surface area contributed by atoms with Crippen molar-refractivity contribution in [1.82, 2.24) is 5.32 Å². The number of likely N-dealkylation sites (N-methyl/N-ethyl adjacent to an activating group) is 1. The predicted molar refractivity (Wildman–Crippen MR) is 81.8 cm³/mol. The number of piperidine rings is 1. The van der Waals surface area contributed by atoms with Crippen LogP contribution in [0.25, 0.3) is 0 Å². The summed E-state index contributed by atoms with van der Waals surface area (Å²) < 4.78 is 5.34. The second-order valence-corrected chi connectivity index (χ2v) is 4.97. The largest absolute Gasteiger partial charge is 0.495 e. The van der Waals surface area contributed by atoms with Crippen molar-refractivity contribution >= 4 is 23.2 Å². The van der Waals surface area contributed by atoms with E-state index in [4.69, 9.17) is 4.74 Å². The summed E-state index contributed by atoms with van der Waals surface area (Å²) in [5.74, 6) is 0.605. The summed E-state index contributed by atoms with van der Waals surface area (Å²) in [6.07, 6.45) is 2.46. The molecule has 1 saturated heterocycles. The van der Waals surface area contributed by atoms with E-state index in [-0.39, 0.29) is 18.4 Å². The number of methoxy groups -OCH3 is 1. The van der Waals surface area contributed by atoms with Crippen molar-refractivity contribution in [2.45, 2.75) is 19.3 Å². The van der Waals surface area contributed by atoms with Crippen LogP contribution in [0.1, 0.15) is 19.3 Å². The Labute approximate surface area is 124 Å². The number of anilines is 2. The summed E-state index contributed by atoms with van der Waals surface area (Å²) in [6.45, 7) is 0.924. The van der Waals surface area contributed by atoms with Gasteiger partial charge in [0.05, 0.1) is 19.3 Å². The summed E-state index contributed by atoms with van der Waals surface area (Å²) in [6, 6.07) is 5.33. The van der Waals surface area contributed by atoms with Gasteiger partial charge in [-0.3, -0.25) is 9.59 Å². The van der Waals surface area contributed by atoms with E-state index in [2.05, 4.69) is 10.6 Å². The minimum atomic E-state index is -0.126. The molecule has 0 radical (unpaired) electrons. The van der Waals surface area contributed by atoms with Crippen LogP contribution in [0.5, 0.6) is 5.75 Å². The first-order valence-electron chi connectivity index (χ1n) is 7.08. The Hall–Kier alpha value is -2.08. The lowest BCUT2D eigenvalue weighted by molar-refractivity contribution is -0.119. The van der Waals surface area contributed by atoms with E-state index in [1.165, 1.54) is 0 Å². The zero-order valence-electron chi connectivity index (χ0n) is 12.4. The van der Waals surface area contributed by atoms with Gasteiger partial charge in [-0.1, -0.05) is 0 Å². The first-order chi connectivity index (χ1) is 10.2. The van der Waals surface area contributed by atoms with Gasteiger partial charge in [0.1, 0.15) is 5.75 Å². The number of nitrogens with zero attached hydrogens (tertiary/aromatic N) is 1. The van der Waals surface area contributed by atoms with Crippen molar-refractivity contribution in [3.05, 3.63) is 18.2 Å². The van der Waals surface area contributed by atoms with Crippen LogP contribution in [0.3, 0.4) is 0 Å². The summed E-state index contributed by atoms with van der Waals surface area (Å²) in [5.41, 5.74) is 1.37. The van der Waals surface area contributed by atoms with Gasteiger partial charge in [-0.25, -0.2) is 0 Å². The maximum Gasteiger partial charge on any atom is 0.238 e. The summed E-state index contributed by atoms with van der Waals surface area (Å²) in [4.78, 5) is 25.4. The zero-order valence-corrected chi connectivity index (χ0v) is 12.4. The molecule has 1 fully saturated rings. The number of nitrogens with one attached hydrogen (secondary N) is 2. The van der Waals surface area contributed by atoms with Gasteiger partial charge in [0.2, 0.25) is 11.8 Å². The topological polar surface area (TPSA) is 70.7 Å². The van der Waals surface area contributed by atoms with Crippen LogP contribution >= 0.6 is 0 Å². The van der Waals surface area contributed by atoms with Gasteiger partial charge in [-0.2, -0.15) is 0 Å². The average molecular weight is 291 g/mol. The Morgan fingerprint density at radius 1 is 1.38 bits per heavy atom. The fourth-order valence-electron chi connectivity index (χ4n) is 2.41. The van der Waals surface area contributed by atoms with Crippen molar-refractivity contribution in [2.24, 2.45) is 0 Å². The van der Waals surface area contributed by atoms with Crippen molar-refractivity contribution in [1.29, 1.82) is 0 Å². The molecule has 0 atom stereocenters. The summed E-state index contributed by atoms with van der Waals surface area (Å²) in [5, 5.41) is 5.59. The standard InChI is InChI=1S/C15H21N3O3/c1-16-10-14(19)17-11-6-7-13(21-2)12(9-11)18-8-4-3-5-15(18)20/h6-7,9,16H,3-5,8,10H2,1-2H3,(H,17,19). The molecule has 1 heterocycles. The lowest BCUT2D eigenvalue weighted by atomic mass is 10.1. The highest BCUT2D eigenvalue weighted by atomic mass is 16.5. The van der Waals surface area contributed by atoms with Gasteiger partial charge in [-0.15, -0.1) is 0 Å². The average Bonchev–Trinajstić information content (AvgIpc) is 2.48. The number of hydrogen-bond acceptors (Lipinski definition) is 4. The van der Waals surface area contributed by atoms with Crippen LogP contribution in [0.4, 0.5) is 11.4 Å². The molecule has 0 spiro atoms. The fourth-order valence-corrected chi connectivity index (χ4v) is 2.41. The lowest BCUT2D eigenvalue weighted by Crippen LogP contribution is -2.35. The highest BCUT2D eigenvalue weighted by Crippen LogP contribution is 2.33. The van der Waals surface area contributed by atoms with E-state index in [1.54, 1.807) is 37.3 Å². The Kier molecular flexibility index (Phi) is 5.16. The SMILES string of the molecule is CNCC(=O)Nc1ccc(OC)c(N2CCCCC2=O)c1. The van der Waals surface area contributed by atoms with Crippen LogP contribution in [-0.4, -0.2) is 39.1 Å². The molecule has 0 aliphatic carbocycles. The molecule has 21 heavy (non-hydrogen) atoms. The normalized spacial score (nSPS) is 15.0. The van der Waals surface area contributed by atoms with Gasteiger partial charge in [0.15, 0.2) is 0 Å². The van der Waals surface area contributed by atoms with Crippen LogP contribution in [0.15, 0.2) is 18.2 Å². The molecule has 2 amide bonds. The van der Waals surface area contributed by atoms with Gasteiger partial charge in [-0.05, 0) is 38.1 Å². The van der Waals surface area contributed by atoms with E-state index in [9.17, 15) is 9.59 Å². The van der Waals surface area contributed by atoms with Crippen molar-refractivity contribution in [2.75, 3.05) is 37.5 Å². The third-order valence-electron chi connectivity index (χ3n) is 3.41. The van der Waals surface area contributed by atoms with E-state index in [0.717, 1.165) is 12.8 Å². The number of benzene rings is 1. The molecule has 2 rings (SSSR count). The Bertz CT molecular complexity index is 531. The minimum Gasteiger partial charge on any atom is -0.495 e. The molecule has 114 valence electrons. The fraction of sp³-hybridized carbons (Fsp3) is 0.467. The van der Waals surface area contributed by atoms with Crippen LogP contribution < -0.4 is 20.3 Å². The molecule has 0 saturated carbocycles. The Balaban J connectivity index is 2.25. The van der Waals surface area contributed by atoms with Gasteiger partial charge >= 0.3 is 0 Å². The highest BCUT2D eigenvalue weighted by Gasteiger charge is 2.23. The first kappa shape index (κ1) is 15.3. The van der Waals surface area contributed by atoms with Crippen molar-refractivity contribution < 1.29 is 14.3 Å². The zero-order chi connectivity index (χ0) is 15.2. The number of ether oxygens (including phenoxy) is 1. The van der Waals surface area contributed by atoms with Gasteiger partial charge in [0, 0.05) is 18.7 Å². The molecule has 6 nitrogen and oxygen atoms in total. The maximum absolute atomic E-state index is 12.1. The summed E-state index contributed by atoms with van der Waals surface area (Å²) >= 11 is 0. The van der Waals surface area contributed by atoms with E-state index >= 15 is 0 Å². The monoisotopic (exact) mass is 291 g/mol. The number of rotatable bonds is 5. The molecule has 1 aromatic rings. The Morgan fingerprint density at radius 2 is 2.19 bits per heavy atom. The van der Waals surface area contributed by atoms with E-state index in [1.807, 2.05) is 0 Å². The number of amides is 2. The quantitative estimate of drug-likeness (QED) is 0.859. The number of carbonyl (C=O) groups excluding carboxylic acids is 2. The van der Waals surface area contributed by atoms with Crippen molar-refractivity contribution in [3.8, 4) is 5.75 Å². The molecule has 0 bridgehead atoms. The van der Waals surface area contributed by atoms with E-state index < -0.39 is 0 Å². The first-order valence-corrected chi connectivity index (χ1v) is 7.08. The molecule has 1 aliphatic rings. The lowest BCUT2D eigenvalue weighted by Gasteiger charge is -2.28. The molecular formula is C15H21N3O3. The molecule has 0 unspecified atom stereocenters. The molecule has 2 N–H and O–H groups in total. The molecule has 0 aromatic heterocycles. The van der Waals surface area contributed by atoms with Crippen LogP contribution in [0, 0.1) is 0 Å². The molecule has 1 aliphatic heterocycles. The predicted octanol–water partition coefficient (Wildman–Crippen LogP) is 1.37. The van der Waals surface area contributed by atoms with Gasteiger partial charge < -0.3 is 20.3 Å². The third-order valence-corrected chi connectivity index (χ3v) is 3.41. The molecular weight excluding hydrogens is 270 g/mol. The number of carbonyl (C=O) groups is 2. The minimum absolute atomic E-state index is 0.0956. The highest BCUT2D eigenvalue weighted by molar-refractivity contribution is 5.98. The smallest absolute Gasteiger partial charge is 0.238 e. The number of hydrogen-bond donors (Lipinski definition) is 2. The second-order valence-electron chi connectivity index (χ2n) is 4.97. The molecule has 6 heteroatoms.